The maximum Gasteiger partial charge on any atom is 0.229 e. The average Bonchev–Trinajstić information content (AvgIpc) is 3.67. The summed E-state index contributed by atoms with van der Waals surface area (Å²) in [6, 6.07) is 12.4. The van der Waals surface area contributed by atoms with Crippen LogP contribution in [0.5, 0.6) is 0 Å². The van der Waals surface area contributed by atoms with Crippen LogP contribution in [0, 0.1) is 18.6 Å². The van der Waals surface area contributed by atoms with Crippen LogP contribution in [0.3, 0.4) is 0 Å². The molecule has 2 aromatic carbocycles. The molecule has 9 heteroatoms. The van der Waals surface area contributed by atoms with E-state index in [1.807, 2.05) is 17.0 Å². The number of hydrogen-bond donors (Lipinski definition) is 1. The smallest absolute Gasteiger partial charge is 0.229 e. The van der Waals surface area contributed by atoms with Crippen molar-refractivity contribution in [3.05, 3.63) is 77.1 Å². The van der Waals surface area contributed by atoms with E-state index in [4.69, 9.17) is 9.72 Å². The highest BCUT2D eigenvalue weighted by Gasteiger charge is 2.39. The zero-order chi connectivity index (χ0) is 27.2. The van der Waals surface area contributed by atoms with E-state index in [0.29, 0.717) is 43.6 Å². The van der Waals surface area contributed by atoms with Gasteiger partial charge in [-0.25, -0.2) is 13.8 Å². The lowest BCUT2D eigenvalue weighted by Gasteiger charge is -2.27. The van der Waals surface area contributed by atoms with Gasteiger partial charge < -0.3 is 14.6 Å². The molecule has 40 heavy (non-hydrogen) atoms. The Balaban J connectivity index is 1.13. The van der Waals surface area contributed by atoms with Gasteiger partial charge in [0.2, 0.25) is 5.95 Å². The Morgan fingerprint density at radius 2 is 1.68 bits per heavy atom. The maximum absolute atomic E-state index is 15.1. The van der Waals surface area contributed by atoms with Crippen molar-refractivity contribution in [3.63, 3.8) is 0 Å². The van der Waals surface area contributed by atoms with Crippen molar-refractivity contribution >= 4 is 22.7 Å². The molecule has 3 fully saturated rings. The minimum absolute atomic E-state index is 0.0798. The molecule has 0 spiro atoms. The third-order valence-corrected chi connectivity index (χ3v) is 8.88. The van der Waals surface area contributed by atoms with Crippen LogP contribution in [0.1, 0.15) is 42.4 Å². The Kier molecular flexibility index (Phi) is 6.73. The fourth-order valence-electron chi connectivity index (χ4n) is 6.57. The first-order chi connectivity index (χ1) is 19.5. The molecule has 3 aliphatic heterocycles. The molecule has 7 rings (SSSR count). The number of ether oxygens (including phenoxy) is 1. The van der Waals surface area contributed by atoms with Crippen molar-refractivity contribution < 1.29 is 13.5 Å². The van der Waals surface area contributed by atoms with Crippen LogP contribution < -0.4 is 5.32 Å². The lowest BCUT2D eigenvalue weighted by molar-refractivity contribution is 0.0332. The molecule has 0 atom stereocenters. The molecule has 1 N–H and O–H groups in total. The van der Waals surface area contributed by atoms with Gasteiger partial charge in [0.05, 0.1) is 18.9 Å². The van der Waals surface area contributed by atoms with E-state index in [-0.39, 0.29) is 12.1 Å². The molecule has 3 saturated heterocycles. The van der Waals surface area contributed by atoms with Crippen LogP contribution in [-0.2, 0) is 17.8 Å². The normalized spacial score (nSPS) is 21.5. The number of hydrogen-bond acceptors (Lipinski definition) is 6. The summed E-state index contributed by atoms with van der Waals surface area (Å²) < 4.78 is 37.3. The SMILES string of the molecule is Cc1ccc(Nc2ncc3ccn(-c4cc(F)c(CN5CCOCC5)c(F)c4)c3n2)cc1CN1[C@H]2CC[C@@H]1CC2. The van der Waals surface area contributed by atoms with Gasteiger partial charge in [-0.15, -0.1) is 0 Å². The Hall–Kier alpha value is -3.40. The highest BCUT2D eigenvalue weighted by atomic mass is 19.1. The molecule has 3 aliphatic rings. The number of aryl methyl sites for hydroxylation is 1. The number of rotatable bonds is 7. The van der Waals surface area contributed by atoms with Gasteiger partial charge in [0, 0.05) is 67.3 Å². The topological polar surface area (TPSA) is 58.5 Å². The number of fused-ring (bicyclic) bond motifs is 3. The molecule has 7 nitrogen and oxygen atoms in total. The van der Waals surface area contributed by atoms with E-state index in [1.54, 1.807) is 17.0 Å². The highest BCUT2D eigenvalue weighted by molar-refractivity contribution is 5.79. The quantitative estimate of drug-likeness (QED) is 0.322. The molecule has 4 aromatic rings. The summed E-state index contributed by atoms with van der Waals surface area (Å²) in [6.07, 6.45) is 8.78. The zero-order valence-corrected chi connectivity index (χ0v) is 22.7. The number of nitrogens with zero attached hydrogens (tertiary/aromatic N) is 5. The second-order valence-corrected chi connectivity index (χ2v) is 11.3. The van der Waals surface area contributed by atoms with Gasteiger partial charge in [-0.3, -0.25) is 9.80 Å². The summed E-state index contributed by atoms with van der Waals surface area (Å²) in [5, 5.41) is 4.14. The Morgan fingerprint density at radius 3 is 2.40 bits per heavy atom. The number of benzene rings is 2. The van der Waals surface area contributed by atoms with E-state index in [1.165, 1.54) is 48.9 Å². The fourth-order valence-corrected chi connectivity index (χ4v) is 6.57. The number of aromatic nitrogens is 3. The zero-order valence-electron chi connectivity index (χ0n) is 22.7. The molecule has 5 heterocycles. The molecule has 0 amide bonds. The maximum atomic E-state index is 15.1. The monoisotopic (exact) mass is 544 g/mol. The molecule has 208 valence electrons. The van der Waals surface area contributed by atoms with E-state index < -0.39 is 11.6 Å². The van der Waals surface area contributed by atoms with Crippen LogP contribution in [0.25, 0.3) is 16.7 Å². The molecule has 2 bridgehead atoms. The Labute approximate surface area is 232 Å². The standard InChI is InChI=1S/C31H34F2N6O/c1-20-2-3-23(14-22(20)18-39-24-4-5-25(39)7-6-24)35-31-34-17-21-8-9-38(30(21)36-31)26-15-28(32)27(29(33)16-26)19-37-10-12-40-13-11-37/h2-3,8-9,14-17,24-25H,4-7,10-13,18-19H2,1H3,(H,34,35,36)/t24-,25+. The minimum Gasteiger partial charge on any atom is -0.379 e. The molecule has 0 unspecified atom stereocenters. The average molecular weight is 545 g/mol. The van der Waals surface area contributed by atoms with E-state index >= 15 is 8.78 Å². The third kappa shape index (κ3) is 4.87. The van der Waals surface area contributed by atoms with Crippen LogP contribution in [-0.4, -0.2) is 62.7 Å². The number of nitrogens with one attached hydrogen (secondary N) is 1. The molecular weight excluding hydrogens is 510 g/mol. The van der Waals surface area contributed by atoms with Gasteiger partial charge in [-0.1, -0.05) is 6.07 Å². The van der Waals surface area contributed by atoms with E-state index in [0.717, 1.165) is 29.7 Å². The predicted molar refractivity (Wildman–Crippen MR) is 151 cm³/mol. The van der Waals surface area contributed by atoms with Crippen molar-refractivity contribution in [3.8, 4) is 5.69 Å². The Bertz CT molecular complexity index is 1510. The third-order valence-electron chi connectivity index (χ3n) is 8.88. The van der Waals surface area contributed by atoms with Crippen molar-refractivity contribution in [1.82, 2.24) is 24.3 Å². The minimum atomic E-state index is -0.561. The van der Waals surface area contributed by atoms with Crippen LogP contribution in [0.4, 0.5) is 20.4 Å². The summed E-state index contributed by atoms with van der Waals surface area (Å²) in [7, 11) is 0. The lowest BCUT2D eigenvalue weighted by atomic mass is 10.0. The fraction of sp³-hybridized carbons (Fsp3) is 0.419. The second kappa shape index (κ2) is 10.5. The molecule has 2 aromatic heterocycles. The summed E-state index contributed by atoms with van der Waals surface area (Å²) in [6.45, 7) is 5.84. The van der Waals surface area contributed by atoms with Crippen molar-refractivity contribution in [2.24, 2.45) is 0 Å². The molecule has 0 radical (unpaired) electrons. The van der Waals surface area contributed by atoms with E-state index in [2.05, 4.69) is 34.3 Å². The van der Waals surface area contributed by atoms with Crippen molar-refractivity contribution in [1.29, 1.82) is 0 Å². The number of halogens is 2. The van der Waals surface area contributed by atoms with Gasteiger partial charge in [-0.05, 0) is 74.1 Å². The van der Waals surface area contributed by atoms with Gasteiger partial charge in [0.25, 0.3) is 0 Å². The molecule has 0 saturated carbocycles. The first kappa shape index (κ1) is 25.6. The van der Waals surface area contributed by atoms with Gasteiger partial charge in [0.15, 0.2) is 0 Å². The van der Waals surface area contributed by atoms with Gasteiger partial charge in [0.1, 0.15) is 17.3 Å². The van der Waals surface area contributed by atoms with Gasteiger partial charge in [-0.2, -0.15) is 4.98 Å². The lowest BCUT2D eigenvalue weighted by Crippen LogP contribution is -2.36. The summed E-state index contributed by atoms with van der Waals surface area (Å²) in [5.74, 6) is -0.683. The van der Waals surface area contributed by atoms with E-state index in [9.17, 15) is 0 Å². The molecular formula is C31H34F2N6O. The van der Waals surface area contributed by atoms with Crippen LogP contribution in [0.15, 0.2) is 48.8 Å². The predicted octanol–water partition coefficient (Wildman–Crippen LogP) is 5.71. The largest absolute Gasteiger partial charge is 0.379 e. The summed E-state index contributed by atoms with van der Waals surface area (Å²) in [5.41, 5.74) is 4.57. The van der Waals surface area contributed by atoms with Crippen LogP contribution in [0.2, 0.25) is 0 Å². The van der Waals surface area contributed by atoms with Gasteiger partial charge >= 0.3 is 0 Å². The second-order valence-electron chi connectivity index (χ2n) is 11.3. The molecule has 0 aliphatic carbocycles. The first-order valence-electron chi connectivity index (χ1n) is 14.3. The van der Waals surface area contributed by atoms with Crippen LogP contribution >= 0.6 is 0 Å². The first-order valence-corrected chi connectivity index (χ1v) is 14.3. The highest BCUT2D eigenvalue weighted by Crippen LogP contribution is 2.39. The van der Waals surface area contributed by atoms with Crippen molar-refractivity contribution in [2.45, 2.75) is 57.8 Å². The Morgan fingerprint density at radius 1 is 0.950 bits per heavy atom. The number of anilines is 2. The number of morpholine rings is 1. The summed E-state index contributed by atoms with van der Waals surface area (Å²) >= 11 is 0. The summed E-state index contributed by atoms with van der Waals surface area (Å²) in [4.78, 5) is 13.9. The van der Waals surface area contributed by atoms with Crippen molar-refractivity contribution in [2.75, 3.05) is 31.6 Å².